The van der Waals surface area contributed by atoms with Crippen molar-refractivity contribution in [2.45, 2.75) is 6.42 Å². The molecule has 1 amide bonds. The fourth-order valence-electron chi connectivity index (χ4n) is 1.95. The van der Waals surface area contributed by atoms with Crippen LogP contribution in [0.4, 0.5) is 4.39 Å². The molecule has 0 atom stereocenters. The normalized spacial score (nSPS) is 10.8. The van der Waals surface area contributed by atoms with E-state index in [4.69, 9.17) is 0 Å². The predicted molar refractivity (Wildman–Crippen MR) is 75.5 cm³/mol. The number of hydrogen-bond donors (Lipinski definition) is 1. The smallest absolute Gasteiger partial charge is 0.269 e. The Morgan fingerprint density at radius 2 is 2.15 bits per heavy atom. The highest BCUT2D eigenvalue weighted by atomic mass is 32.1. The van der Waals surface area contributed by atoms with Gasteiger partial charge >= 0.3 is 0 Å². The van der Waals surface area contributed by atoms with Gasteiger partial charge in [-0.15, -0.1) is 11.3 Å². The third-order valence-corrected chi connectivity index (χ3v) is 3.89. The van der Waals surface area contributed by atoms with Crippen molar-refractivity contribution in [1.29, 1.82) is 0 Å². The standard InChI is InChI=1S/C14H12FN3OS/c15-11-3-1-10(2-4-11)5-6-17-14(19)12-8-20-13-7-16-9-18(12)13/h1-4,7-9H,5-6H2,(H,17,19). The van der Waals surface area contributed by atoms with E-state index in [2.05, 4.69) is 10.3 Å². The topological polar surface area (TPSA) is 46.4 Å². The van der Waals surface area contributed by atoms with Crippen LogP contribution in [0, 0.1) is 5.82 Å². The molecule has 102 valence electrons. The minimum Gasteiger partial charge on any atom is -0.350 e. The highest BCUT2D eigenvalue weighted by molar-refractivity contribution is 7.15. The average Bonchev–Trinajstić information content (AvgIpc) is 3.03. The van der Waals surface area contributed by atoms with Crippen LogP contribution in [0.1, 0.15) is 16.1 Å². The molecule has 2 heterocycles. The van der Waals surface area contributed by atoms with Crippen molar-refractivity contribution >= 4 is 22.1 Å². The first-order valence-corrected chi connectivity index (χ1v) is 7.04. The van der Waals surface area contributed by atoms with Gasteiger partial charge in [0, 0.05) is 11.9 Å². The minimum absolute atomic E-state index is 0.128. The van der Waals surface area contributed by atoms with E-state index >= 15 is 0 Å². The maximum Gasteiger partial charge on any atom is 0.269 e. The lowest BCUT2D eigenvalue weighted by Gasteiger charge is -2.04. The number of amides is 1. The zero-order chi connectivity index (χ0) is 13.9. The molecule has 1 aromatic carbocycles. The van der Waals surface area contributed by atoms with E-state index in [0.29, 0.717) is 18.7 Å². The predicted octanol–water partition coefficient (Wildman–Crippen LogP) is 2.51. The summed E-state index contributed by atoms with van der Waals surface area (Å²) < 4.78 is 14.5. The van der Waals surface area contributed by atoms with Gasteiger partial charge in [-0.1, -0.05) is 12.1 Å². The Morgan fingerprint density at radius 1 is 1.35 bits per heavy atom. The third kappa shape index (κ3) is 2.55. The summed E-state index contributed by atoms with van der Waals surface area (Å²) in [5.74, 6) is -0.380. The molecule has 0 aliphatic rings. The van der Waals surface area contributed by atoms with Gasteiger partial charge in [-0.2, -0.15) is 0 Å². The molecule has 0 fully saturated rings. The molecule has 0 unspecified atom stereocenters. The number of carbonyl (C=O) groups excluding carboxylic acids is 1. The van der Waals surface area contributed by atoms with Crippen LogP contribution in [0.25, 0.3) is 4.83 Å². The van der Waals surface area contributed by atoms with Crippen LogP contribution in [0.15, 0.2) is 42.2 Å². The van der Waals surface area contributed by atoms with Crippen molar-refractivity contribution in [3.8, 4) is 0 Å². The largest absolute Gasteiger partial charge is 0.350 e. The monoisotopic (exact) mass is 289 g/mol. The number of nitrogens with one attached hydrogen (secondary N) is 1. The number of rotatable bonds is 4. The summed E-state index contributed by atoms with van der Waals surface area (Å²) in [4.78, 5) is 17.0. The highest BCUT2D eigenvalue weighted by Gasteiger charge is 2.11. The van der Waals surface area contributed by atoms with Crippen molar-refractivity contribution < 1.29 is 9.18 Å². The van der Waals surface area contributed by atoms with E-state index in [0.717, 1.165) is 10.4 Å². The van der Waals surface area contributed by atoms with E-state index in [-0.39, 0.29) is 11.7 Å². The van der Waals surface area contributed by atoms with Crippen molar-refractivity contribution in [2.75, 3.05) is 6.54 Å². The summed E-state index contributed by atoms with van der Waals surface area (Å²) in [5.41, 5.74) is 1.58. The number of carbonyl (C=O) groups is 1. The fraction of sp³-hybridized carbons (Fsp3) is 0.143. The quantitative estimate of drug-likeness (QED) is 0.802. The van der Waals surface area contributed by atoms with Gasteiger partial charge in [0.15, 0.2) is 0 Å². The average molecular weight is 289 g/mol. The molecule has 4 nitrogen and oxygen atoms in total. The molecule has 0 aliphatic heterocycles. The SMILES string of the molecule is O=C(NCCc1ccc(F)cc1)c1csc2cncn12. The first-order chi connectivity index (χ1) is 9.74. The van der Waals surface area contributed by atoms with Gasteiger partial charge in [-0.3, -0.25) is 9.20 Å². The molecule has 2 aromatic heterocycles. The number of thiazole rings is 1. The van der Waals surface area contributed by atoms with Crippen LogP contribution in [0.3, 0.4) is 0 Å². The van der Waals surface area contributed by atoms with E-state index in [1.807, 2.05) is 5.38 Å². The maximum absolute atomic E-state index is 12.8. The molecule has 3 rings (SSSR count). The number of halogens is 1. The van der Waals surface area contributed by atoms with Gasteiger partial charge in [0.2, 0.25) is 0 Å². The van der Waals surface area contributed by atoms with E-state index in [1.54, 1.807) is 29.1 Å². The Kier molecular flexibility index (Phi) is 3.47. The molecule has 3 aromatic rings. The lowest BCUT2D eigenvalue weighted by atomic mass is 10.1. The number of nitrogens with zero attached hydrogens (tertiary/aromatic N) is 2. The van der Waals surface area contributed by atoms with Crippen LogP contribution in [0.2, 0.25) is 0 Å². The minimum atomic E-state index is -0.251. The second kappa shape index (κ2) is 5.42. The number of benzene rings is 1. The lowest BCUT2D eigenvalue weighted by molar-refractivity contribution is 0.0948. The zero-order valence-corrected chi connectivity index (χ0v) is 11.4. The van der Waals surface area contributed by atoms with Crippen molar-refractivity contribution in [3.05, 3.63) is 59.2 Å². The van der Waals surface area contributed by atoms with Gasteiger partial charge in [0.1, 0.15) is 22.7 Å². The number of aromatic nitrogens is 2. The number of hydrogen-bond acceptors (Lipinski definition) is 3. The maximum atomic E-state index is 12.8. The molecule has 0 radical (unpaired) electrons. The number of fused-ring (bicyclic) bond motifs is 1. The summed E-state index contributed by atoms with van der Waals surface area (Å²) in [5, 5.41) is 4.67. The van der Waals surface area contributed by atoms with Gasteiger partial charge in [-0.25, -0.2) is 9.37 Å². The molecule has 20 heavy (non-hydrogen) atoms. The summed E-state index contributed by atoms with van der Waals surface area (Å²) in [6, 6.07) is 6.29. The lowest BCUT2D eigenvalue weighted by Crippen LogP contribution is -2.26. The highest BCUT2D eigenvalue weighted by Crippen LogP contribution is 2.15. The Balaban J connectivity index is 1.60. The van der Waals surface area contributed by atoms with Gasteiger partial charge in [-0.05, 0) is 24.1 Å². The van der Waals surface area contributed by atoms with E-state index in [1.165, 1.54) is 23.5 Å². The molecular formula is C14H12FN3OS. The Bertz CT molecular complexity index is 732. The Hall–Kier alpha value is -2.21. The zero-order valence-electron chi connectivity index (χ0n) is 10.5. The van der Waals surface area contributed by atoms with Gasteiger partial charge < -0.3 is 5.32 Å². The molecule has 6 heteroatoms. The molecule has 0 saturated carbocycles. The summed E-state index contributed by atoms with van der Waals surface area (Å²) in [6.45, 7) is 0.510. The molecule has 0 bridgehead atoms. The van der Waals surface area contributed by atoms with Crippen LogP contribution in [-0.4, -0.2) is 21.8 Å². The van der Waals surface area contributed by atoms with Crippen LogP contribution >= 0.6 is 11.3 Å². The summed E-state index contributed by atoms with van der Waals surface area (Å²) in [6.07, 6.45) is 4.02. The summed E-state index contributed by atoms with van der Waals surface area (Å²) >= 11 is 1.48. The van der Waals surface area contributed by atoms with E-state index in [9.17, 15) is 9.18 Å². The molecule has 0 saturated heterocycles. The molecular weight excluding hydrogens is 277 g/mol. The summed E-state index contributed by atoms with van der Waals surface area (Å²) in [7, 11) is 0. The second-order valence-electron chi connectivity index (χ2n) is 4.36. The first-order valence-electron chi connectivity index (χ1n) is 6.16. The molecule has 0 spiro atoms. The molecule has 0 aliphatic carbocycles. The Labute approximate surface area is 118 Å². The van der Waals surface area contributed by atoms with Crippen molar-refractivity contribution in [3.63, 3.8) is 0 Å². The van der Waals surface area contributed by atoms with E-state index < -0.39 is 0 Å². The first kappa shape index (κ1) is 12.8. The number of imidazole rings is 1. The van der Waals surface area contributed by atoms with Crippen LogP contribution in [0.5, 0.6) is 0 Å². The third-order valence-electron chi connectivity index (χ3n) is 3.00. The molecule has 1 N–H and O–H groups in total. The van der Waals surface area contributed by atoms with Gasteiger partial charge in [0.25, 0.3) is 5.91 Å². The van der Waals surface area contributed by atoms with Gasteiger partial charge in [0.05, 0.1) is 6.20 Å². The Morgan fingerprint density at radius 3 is 2.95 bits per heavy atom. The van der Waals surface area contributed by atoms with Crippen molar-refractivity contribution in [2.24, 2.45) is 0 Å². The van der Waals surface area contributed by atoms with Crippen LogP contribution < -0.4 is 5.32 Å². The fourth-order valence-corrected chi connectivity index (χ4v) is 2.78. The second-order valence-corrected chi connectivity index (χ2v) is 5.24. The van der Waals surface area contributed by atoms with Crippen molar-refractivity contribution in [1.82, 2.24) is 14.7 Å². The van der Waals surface area contributed by atoms with Crippen LogP contribution in [-0.2, 0) is 6.42 Å².